The zero-order chi connectivity index (χ0) is 25.4. The number of piperazine rings is 1. The Morgan fingerprint density at radius 3 is 2.36 bits per heavy atom. The van der Waals surface area contributed by atoms with Crippen LogP contribution in [0.2, 0.25) is 0 Å². The Morgan fingerprint density at radius 2 is 1.72 bits per heavy atom. The second-order valence-electron chi connectivity index (χ2n) is 8.63. The fourth-order valence-corrected chi connectivity index (χ4v) is 4.34. The number of aromatic nitrogens is 4. The highest BCUT2D eigenvalue weighted by molar-refractivity contribution is 5.86. The van der Waals surface area contributed by atoms with Crippen LogP contribution in [-0.2, 0) is 12.7 Å². The van der Waals surface area contributed by atoms with Crippen molar-refractivity contribution in [3.8, 4) is 11.5 Å². The zero-order valence-electron chi connectivity index (χ0n) is 19.5. The first kappa shape index (κ1) is 23.8. The molecule has 0 radical (unpaired) electrons. The van der Waals surface area contributed by atoms with Gasteiger partial charge in [-0.05, 0) is 43.3 Å². The van der Waals surface area contributed by atoms with Gasteiger partial charge in [0.2, 0.25) is 5.95 Å². The lowest BCUT2D eigenvalue weighted by atomic mass is 10.1. The molecule has 1 saturated heterocycles. The average Bonchev–Trinajstić information content (AvgIpc) is 3.29. The zero-order valence-corrected chi connectivity index (χ0v) is 19.5. The summed E-state index contributed by atoms with van der Waals surface area (Å²) in [6, 6.07) is 8.79. The van der Waals surface area contributed by atoms with Crippen molar-refractivity contribution in [2.75, 3.05) is 43.4 Å². The van der Waals surface area contributed by atoms with E-state index >= 15 is 0 Å². The lowest BCUT2D eigenvalue weighted by Crippen LogP contribution is -2.47. The summed E-state index contributed by atoms with van der Waals surface area (Å²) in [5, 5.41) is 0. The van der Waals surface area contributed by atoms with E-state index in [0.29, 0.717) is 67.6 Å². The smallest absolute Gasteiger partial charge is 0.416 e. The standard InChI is InChI=1S/C24H24F3N7O2/c1-15-2-7-18(36-15)20-21-22(31-23(28)30-20)34(19(35)14-29-21)13-10-32-8-11-33(12-9-32)17-5-3-16(4-6-17)24(25,26)27/h2-7,14H,8-13H2,1H3,(H2,28,30,31). The van der Waals surface area contributed by atoms with Crippen LogP contribution in [0.25, 0.3) is 22.6 Å². The molecule has 9 nitrogen and oxygen atoms in total. The molecule has 0 atom stereocenters. The maximum atomic E-state index is 12.8. The Labute approximate surface area is 204 Å². The number of hydrogen-bond acceptors (Lipinski definition) is 8. The van der Waals surface area contributed by atoms with Crippen LogP contribution in [0.5, 0.6) is 0 Å². The Kier molecular flexibility index (Phi) is 6.12. The SMILES string of the molecule is Cc1ccc(-c2nc(N)nc3c2ncc(=O)n3CCN2CCN(c3ccc(C(F)(F)F)cc3)CC2)o1. The predicted octanol–water partition coefficient (Wildman–Crippen LogP) is 3.18. The number of hydrogen-bond donors (Lipinski definition) is 1. The number of halogens is 3. The molecule has 36 heavy (non-hydrogen) atoms. The third-order valence-electron chi connectivity index (χ3n) is 6.25. The van der Waals surface area contributed by atoms with Crippen molar-refractivity contribution in [1.29, 1.82) is 0 Å². The van der Waals surface area contributed by atoms with Gasteiger partial charge in [0.05, 0.1) is 11.8 Å². The summed E-state index contributed by atoms with van der Waals surface area (Å²) in [6.45, 7) is 5.49. The third-order valence-corrected chi connectivity index (χ3v) is 6.25. The minimum absolute atomic E-state index is 0.0119. The fraction of sp³-hybridized carbons (Fsp3) is 0.333. The van der Waals surface area contributed by atoms with Crippen molar-refractivity contribution in [1.82, 2.24) is 24.4 Å². The summed E-state index contributed by atoms with van der Waals surface area (Å²) in [5.41, 5.74) is 6.92. The van der Waals surface area contributed by atoms with Crippen LogP contribution in [0, 0.1) is 6.92 Å². The maximum Gasteiger partial charge on any atom is 0.416 e. The van der Waals surface area contributed by atoms with E-state index in [1.54, 1.807) is 12.1 Å². The van der Waals surface area contributed by atoms with Gasteiger partial charge in [0.25, 0.3) is 5.56 Å². The normalized spacial score (nSPS) is 15.1. The minimum Gasteiger partial charge on any atom is -0.460 e. The summed E-state index contributed by atoms with van der Waals surface area (Å²) >= 11 is 0. The van der Waals surface area contributed by atoms with Crippen molar-refractivity contribution < 1.29 is 17.6 Å². The van der Waals surface area contributed by atoms with E-state index in [-0.39, 0.29) is 11.5 Å². The van der Waals surface area contributed by atoms with Gasteiger partial charge < -0.3 is 15.1 Å². The molecule has 1 aliphatic heterocycles. The van der Waals surface area contributed by atoms with Gasteiger partial charge in [-0.25, -0.2) is 9.97 Å². The molecule has 5 rings (SSSR count). The summed E-state index contributed by atoms with van der Waals surface area (Å²) in [5.74, 6) is 1.21. The van der Waals surface area contributed by atoms with Crippen LogP contribution in [0.1, 0.15) is 11.3 Å². The van der Waals surface area contributed by atoms with Crippen LogP contribution < -0.4 is 16.2 Å². The molecule has 0 unspecified atom stereocenters. The summed E-state index contributed by atoms with van der Waals surface area (Å²) in [4.78, 5) is 29.7. The molecular weight excluding hydrogens is 475 g/mol. The van der Waals surface area contributed by atoms with E-state index in [0.717, 1.165) is 17.8 Å². The van der Waals surface area contributed by atoms with Crippen LogP contribution in [0.3, 0.4) is 0 Å². The molecule has 0 amide bonds. The van der Waals surface area contributed by atoms with Gasteiger partial charge in [0, 0.05) is 45.0 Å². The predicted molar refractivity (Wildman–Crippen MR) is 129 cm³/mol. The van der Waals surface area contributed by atoms with Crippen LogP contribution in [0.4, 0.5) is 24.8 Å². The van der Waals surface area contributed by atoms with Gasteiger partial charge in [0.1, 0.15) is 17.0 Å². The molecule has 0 spiro atoms. The van der Waals surface area contributed by atoms with Crippen LogP contribution >= 0.6 is 0 Å². The average molecular weight is 499 g/mol. The number of nitrogens with two attached hydrogens (primary N) is 1. The first-order chi connectivity index (χ1) is 17.2. The van der Waals surface area contributed by atoms with Gasteiger partial charge in [-0.15, -0.1) is 0 Å². The highest BCUT2D eigenvalue weighted by Gasteiger charge is 2.30. The van der Waals surface area contributed by atoms with E-state index in [1.807, 2.05) is 6.92 Å². The van der Waals surface area contributed by atoms with Gasteiger partial charge >= 0.3 is 6.18 Å². The van der Waals surface area contributed by atoms with Crippen molar-refractivity contribution in [3.63, 3.8) is 0 Å². The number of nitrogens with zero attached hydrogens (tertiary/aromatic N) is 6. The van der Waals surface area contributed by atoms with Gasteiger partial charge in [-0.2, -0.15) is 18.2 Å². The van der Waals surface area contributed by atoms with Crippen molar-refractivity contribution in [3.05, 3.63) is 64.3 Å². The van der Waals surface area contributed by atoms with E-state index in [4.69, 9.17) is 10.2 Å². The quantitative estimate of drug-likeness (QED) is 0.446. The van der Waals surface area contributed by atoms with Crippen molar-refractivity contribution >= 4 is 22.8 Å². The molecule has 0 saturated carbocycles. The van der Waals surface area contributed by atoms with E-state index in [1.165, 1.54) is 22.9 Å². The van der Waals surface area contributed by atoms with E-state index in [2.05, 4.69) is 24.8 Å². The largest absolute Gasteiger partial charge is 0.460 e. The molecule has 4 heterocycles. The molecule has 0 bridgehead atoms. The monoisotopic (exact) mass is 499 g/mol. The summed E-state index contributed by atoms with van der Waals surface area (Å²) in [6.07, 6.45) is -3.11. The number of nitrogen functional groups attached to an aromatic ring is 1. The first-order valence-electron chi connectivity index (χ1n) is 11.4. The topological polar surface area (TPSA) is 106 Å². The second kappa shape index (κ2) is 9.26. The maximum absolute atomic E-state index is 12.8. The highest BCUT2D eigenvalue weighted by Crippen LogP contribution is 2.31. The fourth-order valence-electron chi connectivity index (χ4n) is 4.34. The second-order valence-corrected chi connectivity index (χ2v) is 8.63. The molecule has 1 aromatic carbocycles. The number of rotatable bonds is 5. The van der Waals surface area contributed by atoms with Crippen LogP contribution in [-0.4, -0.2) is 57.1 Å². The molecule has 0 aliphatic carbocycles. The van der Waals surface area contributed by atoms with Crippen molar-refractivity contribution in [2.24, 2.45) is 0 Å². The lowest BCUT2D eigenvalue weighted by Gasteiger charge is -2.36. The minimum atomic E-state index is -4.35. The number of fused-ring (bicyclic) bond motifs is 1. The summed E-state index contributed by atoms with van der Waals surface area (Å²) in [7, 11) is 0. The van der Waals surface area contributed by atoms with Crippen molar-refractivity contribution in [2.45, 2.75) is 19.6 Å². The summed E-state index contributed by atoms with van der Waals surface area (Å²) < 4.78 is 45.7. The molecule has 188 valence electrons. The number of alkyl halides is 3. The Morgan fingerprint density at radius 1 is 1.00 bits per heavy atom. The molecule has 1 fully saturated rings. The molecule has 12 heteroatoms. The van der Waals surface area contributed by atoms with E-state index in [9.17, 15) is 18.0 Å². The number of benzene rings is 1. The molecule has 4 aromatic rings. The van der Waals surface area contributed by atoms with Crippen LogP contribution in [0.15, 0.2) is 51.8 Å². The number of furan rings is 1. The molecular formula is C24H24F3N7O2. The third kappa shape index (κ3) is 4.76. The number of anilines is 2. The highest BCUT2D eigenvalue weighted by atomic mass is 19.4. The van der Waals surface area contributed by atoms with E-state index < -0.39 is 11.7 Å². The van der Waals surface area contributed by atoms with Gasteiger partial charge in [-0.3, -0.25) is 14.3 Å². The first-order valence-corrected chi connectivity index (χ1v) is 11.4. The molecule has 3 aromatic heterocycles. The van der Waals surface area contributed by atoms with Gasteiger partial charge in [-0.1, -0.05) is 0 Å². The Bertz CT molecular complexity index is 1440. The molecule has 1 aliphatic rings. The number of aryl methyl sites for hydroxylation is 1. The lowest BCUT2D eigenvalue weighted by molar-refractivity contribution is -0.137. The Balaban J connectivity index is 1.29. The molecule has 2 N–H and O–H groups in total. The Hall–Kier alpha value is -3.93. The van der Waals surface area contributed by atoms with Gasteiger partial charge in [0.15, 0.2) is 11.4 Å².